The number of aliphatic carboxylic acids is 1. The van der Waals surface area contributed by atoms with Gasteiger partial charge in [0.2, 0.25) is 5.91 Å². The van der Waals surface area contributed by atoms with Gasteiger partial charge >= 0.3 is 12.1 Å². The number of carboxylic acid groups (broad SMARTS) is 1. The van der Waals surface area contributed by atoms with Gasteiger partial charge in [0.15, 0.2) is 0 Å². The molecule has 3 aliphatic carbocycles. The van der Waals surface area contributed by atoms with Crippen molar-refractivity contribution >= 4 is 18.0 Å². The highest BCUT2D eigenvalue weighted by atomic mass is 16.5. The van der Waals surface area contributed by atoms with Crippen LogP contribution in [0.2, 0.25) is 0 Å². The fraction of sp³-hybridized carbons (Fsp3) is 0.464. The molecule has 7 nitrogen and oxygen atoms in total. The van der Waals surface area contributed by atoms with Crippen LogP contribution < -0.4 is 10.6 Å². The van der Waals surface area contributed by atoms with Gasteiger partial charge in [-0.1, -0.05) is 55.0 Å². The Morgan fingerprint density at radius 1 is 0.914 bits per heavy atom. The second-order valence-electron chi connectivity index (χ2n) is 10.2. The lowest BCUT2D eigenvalue weighted by Gasteiger charge is -2.35. The van der Waals surface area contributed by atoms with E-state index in [1.165, 1.54) is 22.3 Å². The molecular weight excluding hydrogens is 444 g/mol. The van der Waals surface area contributed by atoms with Gasteiger partial charge in [-0.25, -0.2) is 4.79 Å². The van der Waals surface area contributed by atoms with Gasteiger partial charge in [-0.05, 0) is 59.8 Å². The van der Waals surface area contributed by atoms with Crippen molar-refractivity contribution in [1.29, 1.82) is 0 Å². The Bertz CT molecular complexity index is 1060. The van der Waals surface area contributed by atoms with Gasteiger partial charge in [0.1, 0.15) is 6.61 Å². The molecule has 2 aromatic rings. The largest absolute Gasteiger partial charge is 0.481 e. The van der Waals surface area contributed by atoms with E-state index >= 15 is 0 Å². The van der Waals surface area contributed by atoms with E-state index in [4.69, 9.17) is 4.74 Å². The van der Waals surface area contributed by atoms with Crippen LogP contribution in [0.5, 0.6) is 0 Å². The molecule has 0 unspecified atom stereocenters. The van der Waals surface area contributed by atoms with Crippen molar-refractivity contribution in [2.45, 2.75) is 50.5 Å². The van der Waals surface area contributed by atoms with Crippen molar-refractivity contribution in [2.75, 3.05) is 13.2 Å². The lowest BCUT2D eigenvalue weighted by molar-refractivity contribution is -0.142. The van der Waals surface area contributed by atoms with Gasteiger partial charge in [-0.2, -0.15) is 0 Å². The van der Waals surface area contributed by atoms with Crippen LogP contribution in [0.25, 0.3) is 11.1 Å². The topological polar surface area (TPSA) is 105 Å². The number of nitrogens with one attached hydrogen (secondary N) is 2. The summed E-state index contributed by atoms with van der Waals surface area (Å²) >= 11 is 0. The molecule has 2 atom stereocenters. The summed E-state index contributed by atoms with van der Waals surface area (Å²) in [5.74, 6) is -0.678. The number of rotatable bonds is 8. The minimum Gasteiger partial charge on any atom is -0.481 e. The summed E-state index contributed by atoms with van der Waals surface area (Å²) in [5.41, 5.74) is 4.78. The number of carbonyl (C=O) groups excluding carboxylic acids is 2. The van der Waals surface area contributed by atoms with Crippen molar-refractivity contribution < 1.29 is 24.2 Å². The highest BCUT2D eigenvalue weighted by Crippen LogP contribution is 2.44. The van der Waals surface area contributed by atoms with Gasteiger partial charge in [0.05, 0.1) is 5.92 Å². The number of hydrogen-bond donors (Lipinski definition) is 3. The molecule has 35 heavy (non-hydrogen) atoms. The Morgan fingerprint density at radius 3 is 2.23 bits per heavy atom. The molecule has 0 saturated heterocycles. The fourth-order valence-corrected chi connectivity index (χ4v) is 6.04. The molecule has 0 radical (unpaired) electrons. The lowest BCUT2D eigenvalue weighted by Crippen LogP contribution is -2.43. The fourth-order valence-electron chi connectivity index (χ4n) is 6.04. The van der Waals surface area contributed by atoms with Crippen LogP contribution in [0.3, 0.4) is 0 Å². The summed E-state index contributed by atoms with van der Waals surface area (Å²) in [7, 11) is 0. The molecule has 5 rings (SSSR count). The number of carboxylic acids is 1. The number of alkyl carbamates (subject to hydrolysis) is 1. The lowest BCUT2D eigenvalue weighted by atomic mass is 9.73. The van der Waals surface area contributed by atoms with E-state index in [1.807, 2.05) is 24.3 Å². The van der Waals surface area contributed by atoms with Gasteiger partial charge in [-0.3, -0.25) is 9.59 Å². The molecule has 3 aliphatic rings. The van der Waals surface area contributed by atoms with E-state index in [1.54, 1.807) is 0 Å². The van der Waals surface area contributed by atoms with Crippen LogP contribution in [0.15, 0.2) is 48.5 Å². The third-order valence-electron chi connectivity index (χ3n) is 7.87. The first-order chi connectivity index (χ1) is 17.0. The molecule has 2 saturated carbocycles. The zero-order valence-corrected chi connectivity index (χ0v) is 19.7. The first kappa shape index (κ1) is 23.4. The molecular formula is C28H32N2O5. The average molecular weight is 477 g/mol. The molecule has 3 N–H and O–H groups in total. The smallest absolute Gasteiger partial charge is 0.407 e. The van der Waals surface area contributed by atoms with Crippen LogP contribution in [0.1, 0.15) is 55.6 Å². The monoisotopic (exact) mass is 476 g/mol. The maximum Gasteiger partial charge on any atom is 0.407 e. The normalized spacial score (nSPS) is 24.7. The number of amides is 2. The highest BCUT2D eigenvalue weighted by Gasteiger charge is 2.36. The number of hydrogen-bond acceptors (Lipinski definition) is 4. The summed E-state index contributed by atoms with van der Waals surface area (Å²) in [6.07, 6.45) is 3.98. The molecule has 2 aromatic carbocycles. The molecule has 0 aromatic heterocycles. The van der Waals surface area contributed by atoms with Crippen LogP contribution in [-0.4, -0.2) is 42.3 Å². The SMILES string of the molecule is O=C(CC1CC(CNC(=O)OCC2c3ccccc3-c3ccccc32)C1)N[C@@H]1CCC[C@@H]1C(=O)O. The number of benzene rings is 2. The Hall–Kier alpha value is -3.35. The predicted octanol–water partition coefficient (Wildman–Crippen LogP) is 4.31. The first-order valence-electron chi connectivity index (χ1n) is 12.6. The predicted molar refractivity (Wildman–Crippen MR) is 131 cm³/mol. The van der Waals surface area contributed by atoms with Gasteiger partial charge in [0.25, 0.3) is 0 Å². The summed E-state index contributed by atoms with van der Waals surface area (Å²) in [4.78, 5) is 36.0. The Labute approximate surface area is 205 Å². The Morgan fingerprint density at radius 2 is 1.57 bits per heavy atom. The molecule has 0 spiro atoms. The second-order valence-corrected chi connectivity index (χ2v) is 10.2. The first-order valence-corrected chi connectivity index (χ1v) is 12.6. The van der Waals surface area contributed by atoms with E-state index in [9.17, 15) is 19.5 Å². The van der Waals surface area contributed by atoms with Crippen molar-refractivity contribution in [3.05, 3.63) is 59.7 Å². The van der Waals surface area contributed by atoms with Gasteiger partial charge in [0, 0.05) is 24.9 Å². The minimum atomic E-state index is -0.823. The maximum atomic E-state index is 12.4. The Balaban J connectivity index is 1.02. The molecule has 2 fully saturated rings. The van der Waals surface area contributed by atoms with Crippen molar-refractivity contribution in [2.24, 2.45) is 17.8 Å². The number of carbonyl (C=O) groups is 3. The summed E-state index contributed by atoms with van der Waals surface area (Å²) in [5, 5.41) is 15.1. The average Bonchev–Trinajstić information content (AvgIpc) is 3.41. The summed E-state index contributed by atoms with van der Waals surface area (Å²) in [6, 6.07) is 16.3. The van der Waals surface area contributed by atoms with E-state index in [-0.39, 0.29) is 23.8 Å². The van der Waals surface area contributed by atoms with Crippen molar-refractivity contribution in [3.63, 3.8) is 0 Å². The minimum absolute atomic E-state index is 0.0420. The Kier molecular flexibility index (Phi) is 6.75. The summed E-state index contributed by atoms with van der Waals surface area (Å²) < 4.78 is 5.59. The third-order valence-corrected chi connectivity index (χ3v) is 7.87. The summed E-state index contributed by atoms with van der Waals surface area (Å²) in [6.45, 7) is 0.838. The quantitative estimate of drug-likeness (QED) is 0.527. The van der Waals surface area contributed by atoms with Crippen LogP contribution in [-0.2, 0) is 14.3 Å². The number of ether oxygens (including phenoxy) is 1. The molecule has 184 valence electrons. The molecule has 0 heterocycles. The molecule has 7 heteroatoms. The van der Waals surface area contributed by atoms with E-state index in [2.05, 4.69) is 34.9 Å². The van der Waals surface area contributed by atoms with Crippen LogP contribution >= 0.6 is 0 Å². The zero-order valence-electron chi connectivity index (χ0n) is 19.7. The molecule has 0 aliphatic heterocycles. The van der Waals surface area contributed by atoms with Crippen LogP contribution in [0, 0.1) is 17.8 Å². The van der Waals surface area contributed by atoms with E-state index in [0.29, 0.717) is 31.9 Å². The molecule has 2 amide bonds. The van der Waals surface area contributed by atoms with Gasteiger partial charge < -0.3 is 20.5 Å². The van der Waals surface area contributed by atoms with Crippen LogP contribution in [0.4, 0.5) is 4.79 Å². The second kappa shape index (κ2) is 10.1. The van der Waals surface area contributed by atoms with Gasteiger partial charge in [-0.15, -0.1) is 0 Å². The zero-order chi connectivity index (χ0) is 24.4. The highest BCUT2D eigenvalue weighted by molar-refractivity contribution is 5.79. The van der Waals surface area contributed by atoms with Crippen molar-refractivity contribution in [1.82, 2.24) is 10.6 Å². The number of fused-ring (bicyclic) bond motifs is 3. The van der Waals surface area contributed by atoms with E-state index in [0.717, 1.165) is 25.7 Å². The van der Waals surface area contributed by atoms with Crippen molar-refractivity contribution in [3.8, 4) is 11.1 Å². The third kappa shape index (κ3) is 5.04. The molecule has 0 bridgehead atoms. The van der Waals surface area contributed by atoms with E-state index < -0.39 is 18.0 Å². The maximum absolute atomic E-state index is 12.4. The standard InChI is InChI=1S/C28H32N2O5/c31-26(30-25-11-5-10-23(25)27(32)33)14-17-12-18(13-17)15-29-28(34)35-16-24-21-8-3-1-6-19(21)20-7-2-4-9-22(20)24/h1-4,6-9,17-18,23-25H,5,10-16H2,(H,29,34)(H,30,31)(H,32,33)/t17?,18?,23-,25+/m0/s1.